The molecule has 2 rings (SSSR count). The molecule has 0 saturated carbocycles. The average Bonchev–Trinajstić information content (AvgIpc) is 2.54. The van der Waals surface area contributed by atoms with E-state index in [-0.39, 0.29) is 0 Å². The van der Waals surface area contributed by atoms with E-state index in [4.69, 9.17) is 11.6 Å². The first-order valence-electron chi connectivity index (χ1n) is 3.47. The summed E-state index contributed by atoms with van der Waals surface area (Å²) in [6.07, 6.45) is 5.07. The predicted molar refractivity (Wildman–Crippen MR) is 46.4 cm³/mol. The van der Waals surface area contributed by atoms with Gasteiger partial charge in [0.25, 0.3) is 0 Å². The van der Waals surface area contributed by atoms with Crippen LogP contribution in [0.25, 0.3) is 5.82 Å². The molecule has 3 nitrogen and oxygen atoms in total. The zero-order valence-corrected chi connectivity index (χ0v) is 6.94. The van der Waals surface area contributed by atoms with E-state index in [1.165, 1.54) is 0 Å². The molecule has 0 aliphatic heterocycles. The minimum absolute atomic E-state index is 0.473. The van der Waals surface area contributed by atoms with Gasteiger partial charge in [-0.2, -0.15) is 0 Å². The molecule has 12 heavy (non-hydrogen) atoms. The summed E-state index contributed by atoms with van der Waals surface area (Å²) in [5.74, 6) is 0.817. The van der Waals surface area contributed by atoms with Crippen molar-refractivity contribution in [3.8, 4) is 5.82 Å². The third kappa shape index (κ3) is 1.31. The van der Waals surface area contributed by atoms with Crippen LogP contribution in [0.1, 0.15) is 0 Å². The Kier molecular flexibility index (Phi) is 1.80. The van der Waals surface area contributed by atoms with E-state index in [1.54, 1.807) is 23.3 Å². The van der Waals surface area contributed by atoms with Gasteiger partial charge in [-0.05, 0) is 12.1 Å². The Morgan fingerprint density at radius 1 is 1.25 bits per heavy atom. The van der Waals surface area contributed by atoms with Gasteiger partial charge in [-0.1, -0.05) is 17.7 Å². The number of hydrogen-bond acceptors (Lipinski definition) is 2. The monoisotopic (exact) mass is 179 g/mol. The van der Waals surface area contributed by atoms with E-state index in [2.05, 4.69) is 9.97 Å². The van der Waals surface area contributed by atoms with Crippen LogP contribution in [0.3, 0.4) is 0 Å². The van der Waals surface area contributed by atoms with Gasteiger partial charge >= 0.3 is 0 Å². The number of pyridine rings is 1. The van der Waals surface area contributed by atoms with Gasteiger partial charge in [-0.15, -0.1) is 0 Å². The quantitative estimate of drug-likeness (QED) is 0.670. The molecular weight excluding hydrogens is 174 g/mol. The molecule has 2 aromatic heterocycles. The molecule has 0 saturated heterocycles. The molecule has 2 heterocycles. The van der Waals surface area contributed by atoms with Gasteiger partial charge in [0.1, 0.15) is 17.3 Å². The molecule has 0 aliphatic rings. The first-order chi connectivity index (χ1) is 5.86. The average molecular weight is 180 g/mol. The second-order valence-electron chi connectivity index (χ2n) is 2.29. The number of hydrogen-bond donors (Lipinski definition) is 0. The summed E-state index contributed by atoms with van der Waals surface area (Å²) >= 11 is 5.65. The summed E-state index contributed by atoms with van der Waals surface area (Å²) < 4.78 is 1.77. The van der Waals surface area contributed by atoms with Gasteiger partial charge in [0.2, 0.25) is 0 Å². The molecule has 0 aliphatic carbocycles. The molecule has 0 unspecified atom stereocenters. The highest BCUT2D eigenvalue weighted by atomic mass is 35.5. The van der Waals surface area contributed by atoms with Crippen molar-refractivity contribution in [2.45, 2.75) is 0 Å². The number of rotatable bonds is 1. The van der Waals surface area contributed by atoms with Gasteiger partial charge in [0, 0.05) is 12.4 Å². The lowest BCUT2D eigenvalue weighted by molar-refractivity contribution is 0.993. The topological polar surface area (TPSA) is 30.7 Å². The second-order valence-corrected chi connectivity index (χ2v) is 2.68. The molecule has 0 atom stereocenters. The Morgan fingerprint density at radius 2 is 2.17 bits per heavy atom. The maximum atomic E-state index is 5.65. The van der Waals surface area contributed by atoms with Crippen LogP contribution in [-0.4, -0.2) is 14.5 Å². The zero-order valence-electron chi connectivity index (χ0n) is 6.18. The summed E-state index contributed by atoms with van der Waals surface area (Å²) in [5, 5.41) is 0.473. The Labute approximate surface area is 74.7 Å². The van der Waals surface area contributed by atoms with Crippen molar-refractivity contribution in [3.05, 3.63) is 42.1 Å². The fourth-order valence-electron chi connectivity index (χ4n) is 0.931. The van der Waals surface area contributed by atoms with Crippen LogP contribution in [0, 0.1) is 0 Å². The molecule has 0 amide bonds. The highest BCUT2D eigenvalue weighted by Gasteiger charge is 1.96. The van der Waals surface area contributed by atoms with Crippen molar-refractivity contribution < 1.29 is 0 Å². The zero-order chi connectivity index (χ0) is 8.39. The van der Waals surface area contributed by atoms with Crippen LogP contribution >= 0.6 is 11.6 Å². The molecule has 0 bridgehead atoms. The van der Waals surface area contributed by atoms with Crippen molar-refractivity contribution in [3.63, 3.8) is 0 Å². The number of halogens is 1. The van der Waals surface area contributed by atoms with Crippen molar-refractivity contribution in [1.29, 1.82) is 0 Å². The maximum Gasteiger partial charge on any atom is 0.147 e. The Morgan fingerprint density at radius 3 is 2.75 bits per heavy atom. The summed E-state index contributed by atoms with van der Waals surface area (Å²) in [7, 11) is 0. The van der Waals surface area contributed by atoms with Crippen LogP contribution < -0.4 is 0 Å². The minimum atomic E-state index is 0.473. The van der Waals surface area contributed by atoms with Crippen molar-refractivity contribution >= 4 is 11.6 Å². The normalized spacial score (nSPS) is 10.1. The van der Waals surface area contributed by atoms with Gasteiger partial charge in [-0.25, -0.2) is 9.97 Å². The Hall–Kier alpha value is -1.35. The minimum Gasteiger partial charge on any atom is -0.289 e. The first-order valence-corrected chi connectivity index (χ1v) is 3.85. The lowest BCUT2D eigenvalue weighted by Gasteiger charge is -1.97. The van der Waals surface area contributed by atoms with Crippen LogP contribution in [0.15, 0.2) is 36.9 Å². The number of imidazole rings is 1. The highest BCUT2D eigenvalue weighted by Crippen LogP contribution is 2.07. The molecule has 0 spiro atoms. The van der Waals surface area contributed by atoms with E-state index in [9.17, 15) is 0 Å². The van der Waals surface area contributed by atoms with E-state index < -0.39 is 0 Å². The van der Waals surface area contributed by atoms with Crippen molar-refractivity contribution in [2.75, 3.05) is 0 Å². The third-order valence-electron chi connectivity index (χ3n) is 1.46. The Bertz CT molecular complexity index is 369. The van der Waals surface area contributed by atoms with Gasteiger partial charge in [0.15, 0.2) is 0 Å². The molecule has 60 valence electrons. The fraction of sp³-hybridized carbons (Fsp3) is 0. The van der Waals surface area contributed by atoms with Crippen molar-refractivity contribution in [2.24, 2.45) is 0 Å². The summed E-state index contributed by atoms with van der Waals surface area (Å²) in [5.41, 5.74) is 0. The van der Waals surface area contributed by atoms with Crippen LogP contribution in [0.2, 0.25) is 5.15 Å². The van der Waals surface area contributed by atoms with Crippen LogP contribution in [-0.2, 0) is 0 Å². The van der Waals surface area contributed by atoms with Crippen molar-refractivity contribution in [1.82, 2.24) is 14.5 Å². The Balaban J connectivity index is 2.45. The predicted octanol–water partition coefficient (Wildman–Crippen LogP) is 1.92. The fourth-order valence-corrected chi connectivity index (χ4v) is 1.08. The van der Waals surface area contributed by atoms with Gasteiger partial charge in [-0.3, -0.25) is 4.57 Å². The van der Waals surface area contributed by atoms with Gasteiger partial charge in [0.05, 0.1) is 0 Å². The molecule has 0 radical (unpaired) electrons. The molecule has 0 fully saturated rings. The highest BCUT2D eigenvalue weighted by molar-refractivity contribution is 6.29. The van der Waals surface area contributed by atoms with E-state index in [1.807, 2.05) is 18.2 Å². The first kappa shape index (κ1) is 7.31. The third-order valence-corrected chi connectivity index (χ3v) is 1.66. The number of aromatic nitrogens is 3. The van der Waals surface area contributed by atoms with Crippen LogP contribution in [0.5, 0.6) is 0 Å². The SMILES string of the molecule is Clc1cn(-c2ccccn2)cn1. The largest absolute Gasteiger partial charge is 0.289 e. The molecular formula is C8H6ClN3. The lowest BCUT2D eigenvalue weighted by Crippen LogP contribution is -1.91. The second kappa shape index (κ2) is 2.95. The lowest BCUT2D eigenvalue weighted by atomic mass is 10.5. The number of nitrogens with zero attached hydrogens (tertiary/aromatic N) is 3. The standard InChI is InChI=1S/C8H6ClN3/c9-7-5-12(6-11-7)8-3-1-2-4-10-8/h1-6H. The van der Waals surface area contributed by atoms with E-state index in [0.717, 1.165) is 5.82 Å². The smallest absolute Gasteiger partial charge is 0.147 e. The summed E-state index contributed by atoms with van der Waals surface area (Å²) in [6.45, 7) is 0. The summed E-state index contributed by atoms with van der Waals surface area (Å²) in [4.78, 5) is 8.01. The van der Waals surface area contributed by atoms with E-state index >= 15 is 0 Å². The maximum absolute atomic E-state index is 5.65. The van der Waals surface area contributed by atoms with Crippen LogP contribution in [0.4, 0.5) is 0 Å². The molecule has 0 N–H and O–H groups in total. The van der Waals surface area contributed by atoms with Gasteiger partial charge < -0.3 is 0 Å². The molecule has 4 heteroatoms. The molecule has 2 aromatic rings. The summed E-state index contributed by atoms with van der Waals surface area (Å²) in [6, 6.07) is 5.66. The molecule has 0 aromatic carbocycles. The van der Waals surface area contributed by atoms with E-state index in [0.29, 0.717) is 5.15 Å².